The van der Waals surface area contributed by atoms with E-state index < -0.39 is 0 Å². The van der Waals surface area contributed by atoms with Crippen LogP contribution in [-0.4, -0.2) is 32.1 Å². The van der Waals surface area contributed by atoms with E-state index in [1.807, 2.05) is 24.8 Å². The predicted molar refractivity (Wildman–Crippen MR) is 63.1 cm³/mol. The molecule has 0 aromatic carbocycles. The maximum Gasteiger partial charge on any atom is 0.196 e. The molecular weight excluding hydrogens is 206 g/mol. The molecule has 0 fully saturated rings. The molecule has 90 valence electrons. The van der Waals surface area contributed by atoms with Gasteiger partial charge in [0.15, 0.2) is 17.4 Å². The zero-order chi connectivity index (χ0) is 12.0. The summed E-state index contributed by atoms with van der Waals surface area (Å²) in [6.45, 7) is 8.50. The second kappa shape index (κ2) is 6.33. The minimum atomic E-state index is -0.0490. The van der Waals surface area contributed by atoms with Gasteiger partial charge in [0, 0.05) is 32.7 Å². The van der Waals surface area contributed by atoms with Crippen LogP contribution in [0.3, 0.4) is 0 Å². The van der Waals surface area contributed by atoms with Crippen LogP contribution < -0.4 is 4.90 Å². The molecule has 0 spiro atoms. The number of ketones is 1. The van der Waals surface area contributed by atoms with Crippen LogP contribution in [0.2, 0.25) is 0 Å². The SMILES string of the molecule is CCOCCN(CC)c1ccc(C(C)=O)o1. The molecule has 4 nitrogen and oxygen atoms in total. The standard InChI is InChI=1S/C12H19NO3/c1-4-13(8-9-15-5-2)12-7-6-11(16-12)10(3)14/h6-7H,4-5,8-9H2,1-3H3. The molecule has 16 heavy (non-hydrogen) atoms. The summed E-state index contributed by atoms with van der Waals surface area (Å²) in [5, 5.41) is 0. The summed E-state index contributed by atoms with van der Waals surface area (Å²) < 4.78 is 10.7. The number of hydrogen-bond acceptors (Lipinski definition) is 4. The molecule has 0 saturated heterocycles. The van der Waals surface area contributed by atoms with E-state index in [9.17, 15) is 4.79 Å². The van der Waals surface area contributed by atoms with Crippen molar-refractivity contribution in [3.63, 3.8) is 0 Å². The maximum absolute atomic E-state index is 11.1. The third-order valence-electron chi connectivity index (χ3n) is 2.34. The fourth-order valence-electron chi connectivity index (χ4n) is 1.43. The number of nitrogens with zero attached hydrogens (tertiary/aromatic N) is 1. The first kappa shape index (κ1) is 12.8. The Morgan fingerprint density at radius 3 is 2.69 bits per heavy atom. The fraction of sp³-hybridized carbons (Fsp3) is 0.583. The average molecular weight is 225 g/mol. The van der Waals surface area contributed by atoms with Gasteiger partial charge < -0.3 is 14.1 Å². The lowest BCUT2D eigenvalue weighted by atomic mass is 10.3. The first-order chi connectivity index (χ1) is 7.69. The molecule has 1 aromatic heterocycles. The number of carbonyl (C=O) groups is 1. The lowest BCUT2D eigenvalue weighted by molar-refractivity contribution is 0.0987. The van der Waals surface area contributed by atoms with Crippen molar-refractivity contribution in [3.8, 4) is 0 Å². The van der Waals surface area contributed by atoms with E-state index >= 15 is 0 Å². The van der Waals surface area contributed by atoms with E-state index in [4.69, 9.17) is 9.15 Å². The number of anilines is 1. The number of Topliss-reactive ketones (excluding diaryl/α,β-unsaturated/α-hetero) is 1. The maximum atomic E-state index is 11.1. The van der Waals surface area contributed by atoms with Gasteiger partial charge >= 0.3 is 0 Å². The van der Waals surface area contributed by atoms with E-state index in [2.05, 4.69) is 0 Å². The third-order valence-corrected chi connectivity index (χ3v) is 2.34. The number of carbonyl (C=O) groups excluding carboxylic acids is 1. The molecule has 0 saturated carbocycles. The Labute approximate surface area is 96.2 Å². The zero-order valence-electron chi connectivity index (χ0n) is 10.2. The molecule has 0 atom stereocenters. The quantitative estimate of drug-likeness (QED) is 0.527. The Bertz CT molecular complexity index is 333. The van der Waals surface area contributed by atoms with Crippen molar-refractivity contribution in [2.24, 2.45) is 0 Å². The van der Waals surface area contributed by atoms with Crippen molar-refractivity contribution >= 4 is 11.7 Å². The minimum absolute atomic E-state index is 0.0490. The van der Waals surface area contributed by atoms with E-state index in [1.54, 1.807) is 6.07 Å². The predicted octanol–water partition coefficient (Wildman–Crippen LogP) is 2.35. The Morgan fingerprint density at radius 2 is 2.19 bits per heavy atom. The first-order valence-electron chi connectivity index (χ1n) is 5.62. The highest BCUT2D eigenvalue weighted by atomic mass is 16.5. The molecule has 1 rings (SSSR count). The molecule has 0 aliphatic heterocycles. The molecule has 0 amide bonds. The van der Waals surface area contributed by atoms with Crippen LogP contribution in [0.5, 0.6) is 0 Å². The monoisotopic (exact) mass is 225 g/mol. The van der Waals surface area contributed by atoms with E-state index in [-0.39, 0.29) is 5.78 Å². The van der Waals surface area contributed by atoms with Gasteiger partial charge in [-0.1, -0.05) is 0 Å². The normalized spacial score (nSPS) is 10.4. The highest BCUT2D eigenvalue weighted by Crippen LogP contribution is 2.18. The number of likely N-dealkylation sites (N-methyl/N-ethyl adjacent to an activating group) is 1. The molecule has 0 N–H and O–H groups in total. The second-order valence-corrected chi connectivity index (χ2v) is 3.47. The van der Waals surface area contributed by atoms with Gasteiger partial charge in [0.1, 0.15) is 0 Å². The Hall–Kier alpha value is -1.29. The van der Waals surface area contributed by atoms with E-state index in [0.717, 1.165) is 19.0 Å². The summed E-state index contributed by atoms with van der Waals surface area (Å²) in [5.41, 5.74) is 0. The van der Waals surface area contributed by atoms with Crippen LogP contribution in [0, 0.1) is 0 Å². The summed E-state index contributed by atoms with van der Waals surface area (Å²) in [6.07, 6.45) is 0. The Morgan fingerprint density at radius 1 is 1.44 bits per heavy atom. The molecule has 1 aromatic rings. The average Bonchev–Trinajstić information content (AvgIpc) is 2.74. The van der Waals surface area contributed by atoms with Gasteiger partial charge in [0.25, 0.3) is 0 Å². The molecular formula is C12H19NO3. The minimum Gasteiger partial charge on any atom is -0.437 e. The summed E-state index contributed by atoms with van der Waals surface area (Å²) in [5.74, 6) is 1.09. The number of rotatable bonds is 7. The summed E-state index contributed by atoms with van der Waals surface area (Å²) in [7, 11) is 0. The molecule has 0 radical (unpaired) electrons. The van der Waals surface area contributed by atoms with Crippen LogP contribution in [-0.2, 0) is 4.74 Å². The van der Waals surface area contributed by atoms with Gasteiger partial charge in [-0.05, 0) is 19.9 Å². The molecule has 0 aliphatic rings. The molecule has 0 unspecified atom stereocenters. The smallest absolute Gasteiger partial charge is 0.196 e. The molecule has 4 heteroatoms. The number of ether oxygens (including phenoxy) is 1. The van der Waals surface area contributed by atoms with Crippen LogP contribution in [0.4, 0.5) is 5.88 Å². The number of furan rings is 1. The fourth-order valence-corrected chi connectivity index (χ4v) is 1.43. The zero-order valence-corrected chi connectivity index (χ0v) is 10.2. The number of hydrogen-bond donors (Lipinski definition) is 0. The van der Waals surface area contributed by atoms with Crippen LogP contribution >= 0.6 is 0 Å². The van der Waals surface area contributed by atoms with Crippen LogP contribution in [0.1, 0.15) is 31.3 Å². The third kappa shape index (κ3) is 3.38. The largest absolute Gasteiger partial charge is 0.437 e. The van der Waals surface area contributed by atoms with E-state index in [0.29, 0.717) is 19.0 Å². The second-order valence-electron chi connectivity index (χ2n) is 3.47. The van der Waals surface area contributed by atoms with Crippen molar-refractivity contribution in [1.29, 1.82) is 0 Å². The van der Waals surface area contributed by atoms with Crippen LogP contribution in [0.15, 0.2) is 16.5 Å². The Kier molecular flexibility index (Phi) is 5.05. The van der Waals surface area contributed by atoms with Crippen molar-refractivity contribution < 1.29 is 13.9 Å². The molecule has 1 heterocycles. The van der Waals surface area contributed by atoms with Crippen LogP contribution in [0.25, 0.3) is 0 Å². The summed E-state index contributed by atoms with van der Waals surface area (Å²) in [4.78, 5) is 13.1. The lowest BCUT2D eigenvalue weighted by Gasteiger charge is -2.19. The van der Waals surface area contributed by atoms with Crippen molar-refractivity contribution in [1.82, 2.24) is 0 Å². The van der Waals surface area contributed by atoms with Gasteiger partial charge in [0.2, 0.25) is 0 Å². The van der Waals surface area contributed by atoms with Gasteiger partial charge in [-0.2, -0.15) is 0 Å². The van der Waals surface area contributed by atoms with Crippen molar-refractivity contribution in [3.05, 3.63) is 17.9 Å². The highest BCUT2D eigenvalue weighted by molar-refractivity contribution is 5.91. The van der Waals surface area contributed by atoms with Gasteiger partial charge in [-0.15, -0.1) is 0 Å². The van der Waals surface area contributed by atoms with Crippen molar-refractivity contribution in [2.45, 2.75) is 20.8 Å². The summed E-state index contributed by atoms with van der Waals surface area (Å²) >= 11 is 0. The van der Waals surface area contributed by atoms with Gasteiger partial charge in [-0.3, -0.25) is 4.79 Å². The Balaban J connectivity index is 2.60. The molecule has 0 bridgehead atoms. The first-order valence-corrected chi connectivity index (χ1v) is 5.62. The van der Waals surface area contributed by atoms with Gasteiger partial charge in [-0.25, -0.2) is 0 Å². The topological polar surface area (TPSA) is 42.7 Å². The molecule has 0 aliphatic carbocycles. The highest BCUT2D eigenvalue weighted by Gasteiger charge is 2.11. The lowest BCUT2D eigenvalue weighted by Crippen LogP contribution is -2.26. The summed E-state index contributed by atoms with van der Waals surface area (Å²) in [6, 6.07) is 3.53. The van der Waals surface area contributed by atoms with E-state index in [1.165, 1.54) is 6.92 Å². The van der Waals surface area contributed by atoms with Gasteiger partial charge in [0.05, 0.1) is 6.61 Å². The van der Waals surface area contributed by atoms with Crippen molar-refractivity contribution in [2.75, 3.05) is 31.2 Å².